The zero-order chi connectivity index (χ0) is 31.7. The monoisotopic (exact) mass is 631 g/mol. The molecule has 4 rings (SSSR count). The second-order valence-electron chi connectivity index (χ2n) is 11.3. The summed E-state index contributed by atoms with van der Waals surface area (Å²) in [6, 6.07) is 9.63. The summed E-state index contributed by atoms with van der Waals surface area (Å²) in [5.74, 6) is -1.46. The number of hydrogen-bond acceptors (Lipinski definition) is 9. The molecule has 2 aromatic carbocycles. The van der Waals surface area contributed by atoms with Crippen molar-refractivity contribution in [2.75, 3.05) is 46.1 Å². The molecule has 2 atom stereocenters. The maximum absolute atomic E-state index is 14.4. The molecule has 1 fully saturated rings. The van der Waals surface area contributed by atoms with E-state index in [1.807, 2.05) is 6.07 Å². The van der Waals surface area contributed by atoms with Gasteiger partial charge >= 0.3 is 5.97 Å². The molecule has 1 unspecified atom stereocenters. The van der Waals surface area contributed by atoms with Gasteiger partial charge < -0.3 is 30.3 Å². The Balaban J connectivity index is 1.46. The van der Waals surface area contributed by atoms with E-state index in [9.17, 15) is 29.0 Å². The lowest BCUT2D eigenvalue weighted by Crippen LogP contribution is -2.39. The van der Waals surface area contributed by atoms with Crippen molar-refractivity contribution < 1.29 is 38.5 Å². The van der Waals surface area contributed by atoms with Crippen molar-refractivity contribution in [2.24, 2.45) is 4.99 Å². The number of aromatic hydroxyl groups is 1. The van der Waals surface area contributed by atoms with Gasteiger partial charge in [0.25, 0.3) is 5.91 Å². The van der Waals surface area contributed by atoms with E-state index >= 15 is 0 Å². The Morgan fingerprint density at radius 1 is 1.18 bits per heavy atom. The molecule has 0 saturated carbocycles. The molecule has 1 saturated heterocycles. The second-order valence-corrected chi connectivity index (χ2v) is 11.8. The van der Waals surface area contributed by atoms with E-state index in [0.717, 1.165) is 0 Å². The minimum Gasteiger partial charge on any atom is -0.508 e. The summed E-state index contributed by atoms with van der Waals surface area (Å²) in [5, 5.41) is 25.8. The van der Waals surface area contributed by atoms with Crippen LogP contribution in [0.5, 0.6) is 5.75 Å². The van der Waals surface area contributed by atoms with E-state index in [1.54, 1.807) is 25.1 Å². The normalized spacial score (nSPS) is 18.5. The Morgan fingerprint density at radius 3 is 2.64 bits per heavy atom. The summed E-state index contributed by atoms with van der Waals surface area (Å²) >= 11 is 6.48. The summed E-state index contributed by atoms with van der Waals surface area (Å²) in [4.78, 5) is 42.9. The predicted molar refractivity (Wildman–Crippen MR) is 163 cm³/mol. The van der Waals surface area contributed by atoms with Gasteiger partial charge in [0, 0.05) is 54.5 Å². The summed E-state index contributed by atoms with van der Waals surface area (Å²) in [6.45, 7) is 2.46. The fourth-order valence-electron chi connectivity index (χ4n) is 5.56. The molecule has 44 heavy (non-hydrogen) atoms. The van der Waals surface area contributed by atoms with Crippen molar-refractivity contribution >= 4 is 35.1 Å². The molecule has 0 aromatic heterocycles. The number of β-amino-alcohol motifs (C(OH)–C–C–N with tert-alkyl or cyclic N) is 1. The maximum atomic E-state index is 14.4. The van der Waals surface area contributed by atoms with Gasteiger partial charge in [-0.3, -0.25) is 23.8 Å². The number of amidine groups is 1. The van der Waals surface area contributed by atoms with Crippen LogP contribution in [0.1, 0.15) is 65.6 Å². The minimum atomic E-state index is -0.759. The lowest BCUT2D eigenvalue weighted by atomic mass is 9.74. The molecule has 238 valence electrons. The van der Waals surface area contributed by atoms with Crippen LogP contribution in [-0.2, 0) is 30.9 Å². The SMILES string of the molecule is CCOC(=O)C[C@H](CC(=O)CNC(=O)c1cc(O)cc(CC2=NCC(O)CN2)c1)c1cc(Cl)cc(C2(CF)CCOCC2)c1. The van der Waals surface area contributed by atoms with Crippen molar-refractivity contribution in [1.29, 1.82) is 0 Å². The van der Waals surface area contributed by atoms with Crippen molar-refractivity contribution in [3.05, 3.63) is 63.7 Å². The predicted octanol–water partition coefficient (Wildman–Crippen LogP) is 3.39. The number of esters is 1. The molecule has 4 N–H and O–H groups in total. The summed E-state index contributed by atoms with van der Waals surface area (Å²) in [5.41, 5.74) is 1.35. The van der Waals surface area contributed by atoms with Crippen molar-refractivity contribution in [3.8, 4) is 5.75 Å². The van der Waals surface area contributed by atoms with Gasteiger partial charge in [0.2, 0.25) is 0 Å². The second kappa shape index (κ2) is 15.5. The molecule has 0 radical (unpaired) electrons. The highest BCUT2D eigenvalue weighted by Crippen LogP contribution is 2.39. The lowest BCUT2D eigenvalue weighted by molar-refractivity contribution is -0.143. The van der Waals surface area contributed by atoms with Crippen LogP contribution in [0.4, 0.5) is 4.39 Å². The number of Topliss-reactive ketones (excluding diaryl/α,β-unsaturated/α-hetero) is 1. The van der Waals surface area contributed by atoms with Crippen LogP contribution in [0.3, 0.4) is 0 Å². The van der Waals surface area contributed by atoms with Crippen LogP contribution in [0.25, 0.3) is 0 Å². The van der Waals surface area contributed by atoms with Gasteiger partial charge in [0.1, 0.15) is 11.6 Å². The quantitative estimate of drug-likeness (QED) is 0.246. The highest BCUT2D eigenvalue weighted by molar-refractivity contribution is 6.30. The first kappa shape index (κ1) is 33.4. The van der Waals surface area contributed by atoms with Crippen LogP contribution in [0.15, 0.2) is 41.4 Å². The number of rotatable bonds is 13. The Hall–Kier alpha value is -3.54. The Labute approximate surface area is 261 Å². The van der Waals surface area contributed by atoms with Crippen molar-refractivity contribution in [2.45, 2.75) is 56.5 Å². The van der Waals surface area contributed by atoms with Gasteiger partial charge in [0.05, 0.1) is 38.9 Å². The van der Waals surface area contributed by atoms with E-state index < -0.39 is 36.0 Å². The zero-order valence-electron chi connectivity index (χ0n) is 24.7. The lowest BCUT2D eigenvalue weighted by Gasteiger charge is -2.36. The van der Waals surface area contributed by atoms with E-state index in [0.29, 0.717) is 66.6 Å². The third-order valence-corrected chi connectivity index (χ3v) is 8.21. The zero-order valence-corrected chi connectivity index (χ0v) is 25.5. The summed E-state index contributed by atoms with van der Waals surface area (Å²) < 4.78 is 25.0. The van der Waals surface area contributed by atoms with Gasteiger partial charge in [-0.2, -0.15) is 0 Å². The average Bonchev–Trinajstić information content (AvgIpc) is 3.00. The van der Waals surface area contributed by atoms with Crippen LogP contribution in [0, 0.1) is 0 Å². The first-order valence-electron chi connectivity index (χ1n) is 14.8. The number of alkyl halides is 1. The van der Waals surface area contributed by atoms with E-state index in [-0.39, 0.29) is 49.6 Å². The van der Waals surface area contributed by atoms with Gasteiger partial charge in [-0.15, -0.1) is 0 Å². The van der Waals surface area contributed by atoms with Gasteiger partial charge in [-0.05, 0) is 66.8 Å². The van der Waals surface area contributed by atoms with Crippen molar-refractivity contribution in [3.63, 3.8) is 0 Å². The van der Waals surface area contributed by atoms with Crippen LogP contribution < -0.4 is 10.6 Å². The average molecular weight is 632 g/mol. The number of aliphatic imine (C=N–C) groups is 1. The first-order chi connectivity index (χ1) is 21.1. The Kier molecular flexibility index (Phi) is 11.7. The third kappa shape index (κ3) is 8.99. The summed E-state index contributed by atoms with van der Waals surface area (Å²) in [6.07, 6.45) is 0.562. The summed E-state index contributed by atoms with van der Waals surface area (Å²) in [7, 11) is 0. The number of nitrogens with zero attached hydrogens (tertiary/aromatic N) is 1. The smallest absolute Gasteiger partial charge is 0.306 e. The fourth-order valence-corrected chi connectivity index (χ4v) is 5.81. The maximum Gasteiger partial charge on any atom is 0.306 e. The fraction of sp³-hybridized carbons (Fsp3) is 0.500. The molecular weight excluding hydrogens is 593 g/mol. The molecule has 2 aliphatic heterocycles. The number of halogens is 2. The highest BCUT2D eigenvalue weighted by atomic mass is 35.5. The Morgan fingerprint density at radius 2 is 1.95 bits per heavy atom. The molecule has 0 bridgehead atoms. The molecule has 0 spiro atoms. The highest BCUT2D eigenvalue weighted by Gasteiger charge is 2.36. The van der Waals surface area contributed by atoms with E-state index in [1.165, 1.54) is 12.1 Å². The number of aliphatic hydroxyl groups excluding tert-OH is 1. The molecular formula is C32H39ClFN3O7. The van der Waals surface area contributed by atoms with E-state index in [2.05, 4.69) is 15.6 Å². The number of nitrogens with one attached hydrogen (secondary N) is 2. The minimum absolute atomic E-state index is 0.0900. The number of carbonyl (C=O) groups is 3. The number of phenols is 1. The number of phenolic OH excluding ortho intramolecular Hbond substituents is 1. The van der Waals surface area contributed by atoms with Crippen LogP contribution in [-0.4, -0.2) is 85.9 Å². The van der Waals surface area contributed by atoms with Crippen LogP contribution >= 0.6 is 11.6 Å². The number of ketones is 1. The Bertz CT molecular complexity index is 1380. The molecule has 2 heterocycles. The van der Waals surface area contributed by atoms with Gasteiger partial charge in [-0.25, -0.2) is 0 Å². The largest absolute Gasteiger partial charge is 0.508 e. The molecule has 2 aliphatic rings. The number of hydrogen-bond donors (Lipinski definition) is 4. The molecule has 0 aliphatic carbocycles. The topological polar surface area (TPSA) is 147 Å². The standard InChI is InChI=1S/C32H39ClFN3O7/c1-2-44-30(41)14-22(21-10-24(15-25(33)11-21)32(19-34)3-5-43-6-4-32)12-27(39)16-37-31(42)23-7-20(8-26(38)13-23)9-29-35-17-28(40)18-36-29/h7-8,10-11,13,15,22,28,38,40H,2-6,9,12,14,16-19H2,1H3,(H,35,36)(H,37,42)/t22-/m0/s1. The molecule has 10 nitrogen and oxygen atoms in total. The number of amides is 1. The van der Waals surface area contributed by atoms with E-state index in [4.69, 9.17) is 21.1 Å². The van der Waals surface area contributed by atoms with Crippen molar-refractivity contribution in [1.82, 2.24) is 10.6 Å². The molecule has 2 aromatic rings. The number of aliphatic hydroxyl groups is 1. The number of ether oxygens (including phenoxy) is 2. The third-order valence-electron chi connectivity index (χ3n) is 7.99. The number of benzene rings is 2. The van der Waals surface area contributed by atoms with Crippen LogP contribution in [0.2, 0.25) is 5.02 Å². The first-order valence-corrected chi connectivity index (χ1v) is 15.2. The van der Waals surface area contributed by atoms with Gasteiger partial charge in [0.15, 0.2) is 5.78 Å². The molecule has 1 amide bonds. The molecule has 12 heteroatoms. The number of carbonyl (C=O) groups excluding carboxylic acids is 3. The van der Waals surface area contributed by atoms with Gasteiger partial charge in [-0.1, -0.05) is 17.7 Å².